The van der Waals surface area contributed by atoms with Crippen molar-refractivity contribution in [2.75, 3.05) is 13.1 Å². The minimum Gasteiger partial charge on any atom is -0.508 e. The number of rotatable bonds is 0. The van der Waals surface area contributed by atoms with E-state index in [9.17, 15) is 5.11 Å². The molecule has 0 unspecified atom stereocenters. The maximum Gasteiger partial charge on any atom is 0.131 e. The van der Waals surface area contributed by atoms with E-state index in [2.05, 4.69) is 17.5 Å². The lowest BCUT2D eigenvalue weighted by Crippen LogP contribution is -2.45. The molecule has 2 N–H and O–H groups in total. The quantitative estimate of drug-likeness (QED) is 0.697. The second kappa shape index (κ2) is 3.52. The van der Waals surface area contributed by atoms with Gasteiger partial charge in [-0.05, 0) is 31.3 Å². The standard InChI is InChI=1S/C13H15NO2/c15-11-2-1-10-3-4-13(16-12(10)9-11)5-7-14-8-6-13/h1-4,9,14-15H,5-8H2. The van der Waals surface area contributed by atoms with E-state index in [0.29, 0.717) is 0 Å². The highest BCUT2D eigenvalue weighted by atomic mass is 16.5. The first-order chi connectivity index (χ1) is 7.77. The zero-order valence-corrected chi connectivity index (χ0v) is 9.07. The van der Waals surface area contributed by atoms with E-state index in [0.717, 1.165) is 37.2 Å². The van der Waals surface area contributed by atoms with Crippen LogP contribution in [0.3, 0.4) is 0 Å². The third kappa shape index (κ3) is 1.57. The normalized spacial score (nSPS) is 21.5. The van der Waals surface area contributed by atoms with Gasteiger partial charge in [-0.2, -0.15) is 0 Å². The van der Waals surface area contributed by atoms with Gasteiger partial charge in [-0.3, -0.25) is 0 Å². The molecule has 0 radical (unpaired) electrons. The number of nitrogens with one attached hydrogen (secondary N) is 1. The molecule has 0 bridgehead atoms. The Labute approximate surface area is 94.7 Å². The van der Waals surface area contributed by atoms with Gasteiger partial charge in [0, 0.05) is 24.5 Å². The van der Waals surface area contributed by atoms with Gasteiger partial charge in [-0.1, -0.05) is 6.08 Å². The van der Waals surface area contributed by atoms with Crippen molar-refractivity contribution in [2.24, 2.45) is 0 Å². The van der Waals surface area contributed by atoms with Gasteiger partial charge in [-0.15, -0.1) is 0 Å². The highest BCUT2D eigenvalue weighted by Gasteiger charge is 2.34. The van der Waals surface area contributed by atoms with E-state index in [-0.39, 0.29) is 11.4 Å². The smallest absolute Gasteiger partial charge is 0.131 e. The summed E-state index contributed by atoms with van der Waals surface area (Å²) >= 11 is 0. The van der Waals surface area contributed by atoms with Crippen LogP contribution in [0.5, 0.6) is 11.5 Å². The minimum atomic E-state index is -0.161. The summed E-state index contributed by atoms with van der Waals surface area (Å²) in [7, 11) is 0. The van der Waals surface area contributed by atoms with E-state index < -0.39 is 0 Å². The Hall–Kier alpha value is -1.48. The van der Waals surface area contributed by atoms with Crippen LogP contribution in [0.1, 0.15) is 18.4 Å². The van der Waals surface area contributed by atoms with Gasteiger partial charge >= 0.3 is 0 Å². The van der Waals surface area contributed by atoms with Crippen molar-refractivity contribution in [3.05, 3.63) is 29.8 Å². The van der Waals surface area contributed by atoms with Gasteiger partial charge in [-0.25, -0.2) is 0 Å². The SMILES string of the molecule is Oc1ccc2c(c1)OC1(C=C2)CCNCC1. The van der Waals surface area contributed by atoms with Crippen LogP contribution in [0.15, 0.2) is 24.3 Å². The molecule has 3 heteroatoms. The number of hydrogen-bond donors (Lipinski definition) is 2. The Morgan fingerprint density at radius 2 is 2.06 bits per heavy atom. The molecular formula is C13H15NO2. The predicted octanol–water partition coefficient (Wildman–Crippen LogP) is 1.92. The first-order valence-corrected chi connectivity index (χ1v) is 5.69. The van der Waals surface area contributed by atoms with Crippen LogP contribution in [-0.4, -0.2) is 23.8 Å². The summed E-state index contributed by atoms with van der Waals surface area (Å²) < 4.78 is 6.05. The van der Waals surface area contributed by atoms with Crippen LogP contribution in [0, 0.1) is 0 Å². The summed E-state index contributed by atoms with van der Waals surface area (Å²) in [5, 5.41) is 12.8. The third-order valence-corrected chi connectivity index (χ3v) is 3.33. The molecule has 16 heavy (non-hydrogen) atoms. The number of phenolic OH excluding ortho intramolecular Hbond substituents is 1. The van der Waals surface area contributed by atoms with Crippen LogP contribution in [0.25, 0.3) is 6.08 Å². The Bertz CT molecular complexity index is 434. The Morgan fingerprint density at radius 3 is 2.88 bits per heavy atom. The van der Waals surface area contributed by atoms with Gasteiger partial charge in [0.1, 0.15) is 17.1 Å². The molecule has 1 saturated heterocycles. The molecule has 2 aliphatic heterocycles. The van der Waals surface area contributed by atoms with E-state index in [4.69, 9.17) is 4.74 Å². The number of phenols is 1. The molecule has 1 aromatic rings. The summed E-state index contributed by atoms with van der Waals surface area (Å²) in [6.07, 6.45) is 6.23. The summed E-state index contributed by atoms with van der Waals surface area (Å²) in [4.78, 5) is 0. The number of piperidine rings is 1. The summed E-state index contributed by atoms with van der Waals surface area (Å²) in [6, 6.07) is 5.27. The fourth-order valence-corrected chi connectivity index (χ4v) is 2.36. The molecule has 1 fully saturated rings. The number of hydrogen-bond acceptors (Lipinski definition) is 3. The fourth-order valence-electron chi connectivity index (χ4n) is 2.36. The number of ether oxygens (including phenoxy) is 1. The Balaban J connectivity index is 1.95. The number of benzene rings is 1. The lowest BCUT2D eigenvalue weighted by Gasteiger charge is -2.38. The van der Waals surface area contributed by atoms with Crippen LogP contribution in [-0.2, 0) is 0 Å². The minimum absolute atomic E-state index is 0.161. The maximum atomic E-state index is 9.46. The second-order valence-electron chi connectivity index (χ2n) is 4.47. The molecule has 0 amide bonds. The Kier molecular flexibility index (Phi) is 2.14. The molecule has 0 aliphatic carbocycles. The van der Waals surface area contributed by atoms with E-state index >= 15 is 0 Å². The average molecular weight is 217 g/mol. The van der Waals surface area contributed by atoms with Crippen molar-refractivity contribution in [3.63, 3.8) is 0 Å². The average Bonchev–Trinajstić information content (AvgIpc) is 2.29. The number of fused-ring (bicyclic) bond motifs is 1. The molecule has 1 spiro atoms. The highest BCUT2D eigenvalue weighted by Crippen LogP contribution is 2.37. The van der Waals surface area contributed by atoms with E-state index in [1.54, 1.807) is 12.1 Å². The van der Waals surface area contributed by atoms with Crippen molar-refractivity contribution in [3.8, 4) is 11.5 Å². The van der Waals surface area contributed by atoms with Crippen LogP contribution >= 0.6 is 0 Å². The van der Waals surface area contributed by atoms with Gasteiger partial charge < -0.3 is 15.2 Å². The fraction of sp³-hybridized carbons (Fsp3) is 0.385. The van der Waals surface area contributed by atoms with Crippen molar-refractivity contribution in [2.45, 2.75) is 18.4 Å². The van der Waals surface area contributed by atoms with E-state index in [1.807, 2.05) is 6.07 Å². The van der Waals surface area contributed by atoms with Gasteiger partial charge in [0.15, 0.2) is 0 Å². The van der Waals surface area contributed by atoms with Gasteiger partial charge in [0.25, 0.3) is 0 Å². The largest absolute Gasteiger partial charge is 0.508 e. The lowest BCUT2D eigenvalue weighted by molar-refractivity contribution is 0.0821. The lowest BCUT2D eigenvalue weighted by atomic mass is 9.89. The first kappa shape index (κ1) is 9.73. The molecular weight excluding hydrogens is 202 g/mol. The topological polar surface area (TPSA) is 41.5 Å². The zero-order valence-electron chi connectivity index (χ0n) is 9.07. The molecule has 0 aromatic heterocycles. The molecule has 84 valence electrons. The predicted molar refractivity (Wildman–Crippen MR) is 62.6 cm³/mol. The summed E-state index contributed by atoms with van der Waals surface area (Å²) in [5.41, 5.74) is 0.883. The highest BCUT2D eigenvalue weighted by molar-refractivity contribution is 5.62. The number of aromatic hydroxyl groups is 1. The van der Waals surface area contributed by atoms with Crippen molar-refractivity contribution in [1.29, 1.82) is 0 Å². The molecule has 1 aromatic carbocycles. The summed E-state index contributed by atoms with van der Waals surface area (Å²) in [5.74, 6) is 1.06. The molecule has 3 rings (SSSR count). The molecule has 2 heterocycles. The van der Waals surface area contributed by atoms with Crippen LogP contribution in [0.2, 0.25) is 0 Å². The monoisotopic (exact) mass is 217 g/mol. The maximum absolute atomic E-state index is 9.46. The Morgan fingerprint density at radius 1 is 1.25 bits per heavy atom. The van der Waals surface area contributed by atoms with Crippen LogP contribution in [0.4, 0.5) is 0 Å². The summed E-state index contributed by atoms with van der Waals surface area (Å²) in [6.45, 7) is 1.97. The first-order valence-electron chi connectivity index (χ1n) is 5.69. The molecule has 2 aliphatic rings. The zero-order chi connectivity index (χ0) is 11.0. The van der Waals surface area contributed by atoms with Gasteiger partial charge in [0.05, 0.1) is 0 Å². The van der Waals surface area contributed by atoms with Crippen molar-refractivity contribution < 1.29 is 9.84 Å². The van der Waals surface area contributed by atoms with Crippen molar-refractivity contribution in [1.82, 2.24) is 5.32 Å². The van der Waals surface area contributed by atoms with Crippen molar-refractivity contribution >= 4 is 6.08 Å². The molecule has 0 atom stereocenters. The van der Waals surface area contributed by atoms with Gasteiger partial charge in [0.2, 0.25) is 0 Å². The third-order valence-electron chi connectivity index (χ3n) is 3.33. The van der Waals surface area contributed by atoms with Crippen LogP contribution < -0.4 is 10.1 Å². The molecule has 3 nitrogen and oxygen atoms in total. The van der Waals surface area contributed by atoms with E-state index in [1.165, 1.54) is 0 Å². The molecule has 0 saturated carbocycles. The second-order valence-corrected chi connectivity index (χ2v) is 4.47.